The van der Waals surface area contributed by atoms with E-state index in [1.807, 2.05) is 54.8 Å². The molecule has 1 aliphatic rings. The van der Waals surface area contributed by atoms with Crippen LogP contribution in [0.25, 0.3) is 10.6 Å². The maximum atomic E-state index is 13.3. The Kier molecular flexibility index (Phi) is 6.76. The van der Waals surface area contributed by atoms with E-state index in [1.54, 1.807) is 12.1 Å². The average Bonchev–Trinajstić information content (AvgIpc) is 3.48. The molecule has 1 saturated heterocycles. The van der Waals surface area contributed by atoms with Crippen molar-refractivity contribution in [3.8, 4) is 10.6 Å². The third-order valence-electron chi connectivity index (χ3n) is 5.10. The van der Waals surface area contributed by atoms with Gasteiger partial charge in [-0.15, -0.1) is 23.1 Å². The third-order valence-corrected chi connectivity index (χ3v) is 9.17. The zero-order valence-electron chi connectivity index (χ0n) is 17.0. The molecule has 9 heteroatoms. The molecule has 0 bridgehead atoms. The number of amides is 1. The SMILES string of the molecule is CCc1ccccc1S(=O)(=O)N1CSCC1C(=O)NCc1csc(-c2ccccc2)n1. The van der Waals surface area contributed by atoms with Gasteiger partial charge in [-0.05, 0) is 18.1 Å². The minimum absolute atomic E-state index is 0.267. The van der Waals surface area contributed by atoms with Crippen LogP contribution in [0.2, 0.25) is 0 Å². The summed E-state index contributed by atoms with van der Waals surface area (Å²) in [5, 5.41) is 5.68. The molecule has 1 aromatic heterocycles. The van der Waals surface area contributed by atoms with Gasteiger partial charge in [0, 0.05) is 16.7 Å². The topological polar surface area (TPSA) is 79.4 Å². The molecule has 31 heavy (non-hydrogen) atoms. The van der Waals surface area contributed by atoms with E-state index in [0.717, 1.165) is 21.8 Å². The minimum atomic E-state index is -3.75. The van der Waals surface area contributed by atoms with Crippen LogP contribution in [0.15, 0.2) is 64.9 Å². The molecule has 2 aromatic carbocycles. The van der Waals surface area contributed by atoms with Crippen molar-refractivity contribution in [2.75, 3.05) is 11.6 Å². The van der Waals surface area contributed by atoms with Crippen molar-refractivity contribution < 1.29 is 13.2 Å². The van der Waals surface area contributed by atoms with Crippen LogP contribution in [0, 0.1) is 0 Å². The standard InChI is InChI=1S/C22H23N3O3S3/c1-2-16-8-6-7-11-20(16)31(27,28)25-15-29-14-19(25)21(26)23-12-18-13-30-22(24-18)17-9-4-3-5-10-17/h3-11,13,19H,2,12,14-15H2,1H3,(H,23,26). The number of nitrogens with zero attached hydrogens (tertiary/aromatic N) is 2. The molecule has 1 aliphatic heterocycles. The lowest BCUT2D eigenvalue weighted by Gasteiger charge is -2.23. The van der Waals surface area contributed by atoms with E-state index in [1.165, 1.54) is 27.4 Å². The number of sulfonamides is 1. The van der Waals surface area contributed by atoms with Gasteiger partial charge in [0.25, 0.3) is 0 Å². The number of carbonyl (C=O) groups excluding carboxylic acids is 1. The van der Waals surface area contributed by atoms with Crippen LogP contribution < -0.4 is 5.32 Å². The van der Waals surface area contributed by atoms with Gasteiger partial charge in [-0.2, -0.15) is 4.31 Å². The van der Waals surface area contributed by atoms with Crippen LogP contribution in [0.1, 0.15) is 18.2 Å². The molecule has 1 atom stereocenters. The van der Waals surface area contributed by atoms with E-state index in [9.17, 15) is 13.2 Å². The van der Waals surface area contributed by atoms with E-state index >= 15 is 0 Å². The lowest BCUT2D eigenvalue weighted by atomic mass is 10.2. The molecule has 0 aliphatic carbocycles. The Morgan fingerprint density at radius 2 is 1.90 bits per heavy atom. The summed E-state index contributed by atoms with van der Waals surface area (Å²) < 4.78 is 27.9. The van der Waals surface area contributed by atoms with E-state index in [0.29, 0.717) is 12.2 Å². The first-order valence-corrected chi connectivity index (χ1v) is 13.4. The maximum absolute atomic E-state index is 13.3. The molecule has 4 rings (SSSR count). The first kappa shape index (κ1) is 22.0. The van der Waals surface area contributed by atoms with E-state index in [2.05, 4.69) is 10.3 Å². The number of aryl methyl sites for hydroxylation is 1. The normalized spacial score (nSPS) is 17.0. The Balaban J connectivity index is 1.46. The lowest BCUT2D eigenvalue weighted by molar-refractivity contribution is -0.124. The number of benzene rings is 2. The number of rotatable bonds is 7. The van der Waals surface area contributed by atoms with Gasteiger partial charge in [-0.3, -0.25) is 4.79 Å². The number of nitrogens with one attached hydrogen (secondary N) is 1. The quantitative estimate of drug-likeness (QED) is 0.565. The van der Waals surface area contributed by atoms with Gasteiger partial charge in [-0.25, -0.2) is 13.4 Å². The third kappa shape index (κ3) is 4.69. The molecule has 1 N–H and O–H groups in total. The Bertz CT molecular complexity index is 1160. The molecular formula is C22H23N3O3S3. The summed E-state index contributed by atoms with van der Waals surface area (Å²) in [6, 6.07) is 16.1. The highest BCUT2D eigenvalue weighted by molar-refractivity contribution is 8.00. The van der Waals surface area contributed by atoms with Crippen LogP contribution in [-0.2, 0) is 27.8 Å². The van der Waals surface area contributed by atoms with Gasteiger partial charge in [-0.1, -0.05) is 55.5 Å². The molecular weight excluding hydrogens is 450 g/mol. The highest BCUT2D eigenvalue weighted by Gasteiger charge is 2.40. The highest BCUT2D eigenvalue weighted by Crippen LogP contribution is 2.30. The number of aromatic nitrogens is 1. The van der Waals surface area contributed by atoms with Gasteiger partial charge in [0.05, 0.1) is 23.0 Å². The first-order chi connectivity index (χ1) is 15.0. The maximum Gasteiger partial charge on any atom is 0.244 e. The zero-order chi connectivity index (χ0) is 21.8. The first-order valence-electron chi connectivity index (χ1n) is 9.95. The second kappa shape index (κ2) is 9.52. The van der Waals surface area contributed by atoms with Gasteiger partial charge in [0.15, 0.2) is 0 Å². The molecule has 1 fully saturated rings. The summed E-state index contributed by atoms with van der Waals surface area (Å²) >= 11 is 2.97. The van der Waals surface area contributed by atoms with Crippen molar-refractivity contribution in [1.29, 1.82) is 0 Å². The van der Waals surface area contributed by atoms with Crippen LogP contribution in [0.3, 0.4) is 0 Å². The monoisotopic (exact) mass is 473 g/mol. The summed E-state index contributed by atoms with van der Waals surface area (Å²) in [4.78, 5) is 17.7. The molecule has 0 spiro atoms. The molecule has 2 heterocycles. The predicted octanol–water partition coefficient (Wildman–Crippen LogP) is 3.75. The van der Waals surface area contributed by atoms with Gasteiger partial charge < -0.3 is 5.32 Å². The molecule has 6 nitrogen and oxygen atoms in total. The summed E-state index contributed by atoms with van der Waals surface area (Å²) in [6.45, 7) is 2.19. The van der Waals surface area contributed by atoms with Crippen molar-refractivity contribution in [1.82, 2.24) is 14.6 Å². The highest BCUT2D eigenvalue weighted by atomic mass is 32.2. The van der Waals surface area contributed by atoms with E-state index in [4.69, 9.17) is 0 Å². The average molecular weight is 474 g/mol. The molecule has 1 unspecified atom stereocenters. The lowest BCUT2D eigenvalue weighted by Crippen LogP contribution is -2.47. The van der Waals surface area contributed by atoms with Crippen molar-refractivity contribution in [3.63, 3.8) is 0 Å². The Morgan fingerprint density at radius 1 is 1.16 bits per heavy atom. The number of hydrogen-bond acceptors (Lipinski definition) is 6. The van der Waals surface area contributed by atoms with Crippen molar-refractivity contribution in [2.45, 2.75) is 30.8 Å². The van der Waals surface area contributed by atoms with Crippen molar-refractivity contribution in [2.24, 2.45) is 0 Å². The van der Waals surface area contributed by atoms with Crippen LogP contribution in [0.5, 0.6) is 0 Å². The van der Waals surface area contributed by atoms with E-state index < -0.39 is 16.1 Å². The van der Waals surface area contributed by atoms with E-state index in [-0.39, 0.29) is 23.2 Å². The van der Waals surface area contributed by atoms with Crippen molar-refractivity contribution >= 4 is 39.0 Å². The summed E-state index contributed by atoms with van der Waals surface area (Å²) in [7, 11) is -3.75. The molecule has 162 valence electrons. The number of hydrogen-bond donors (Lipinski definition) is 1. The Hall–Kier alpha value is -2.20. The molecule has 0 radical (unpaired) electrons. The fourth-order valence-corrected chi connectivity index (χ4v) is 7.71. The Morgan fingerprint density at radius 3 is 2.68 bits per heavy atom. The summed E-state index contributed by atoms with van der Waals surface area (Å²) in [5.74, 6) is 0.413. The summed E-state index contributed by atoms with van der Waals surface area (Å²) in [5.41, 5.74) is 2.55. The Labute approximate surface area is 190 Å². The predicted molar refractivity (Wildman–Crippen MR) is 125 cm³/mol. The fraction of sp³-hybridized carbons (Fsp3) is 0.273. The molecule has 3 aromatic rings. The second-order valence-electron chi connectivity index (χ2n) is 7.10. The van der Waals surface area contributed by atoms with Crippen molar-refractivity contribution in [3.05, 3.63) is 71.2 Å². The minimum Gasteiger partial charge on any atom is -0.349 e. The number of thiazole rings is 1. The van der Waals surface area contributed by atoms with Crippen LogP contribution in [0.4, 0.5) is 0 Å². The second-order valence-corrected chi connectivity index (χ2v) is 10.8. The zero-order valence-corrected chi connectivity index (χ0v) is 19.5. The smallest absolute Gasteiger partial charge is 0.244 e. The fourth-order valence-electron chi connectivity index (χ4n) is 3.44. The van der Waals surface area contributed by atoms with Gasteiger partial charge in [0.1, 0.15) is 11.0 Å². The van der Waals surface area contributed by atoms with Crippen LogP contribution >= 0.6 is 23.1 Å². The molecule has 1 amide bonds. The van der Waals surface area contributed by atoms with Crippen LogP contribution in [-0.4, -0.2) is 41.3 Å². The summed E-state index contributed by atoms with van der Waals surface area (Å²) in [6.07, 6.45) is 0.612. The number of carbonyl (C=O) groups is 1. The van der Waals surface area contributed by atoms with Gasteiger partial charge in [0.2, 0.25) is 15.9 Å². The number of thioether (sulfide) groups is 1. The molecule has 0 saturated carbocycles. The van der Waals surface area contributed by atoms with Gasteiger partial charge >= 0.3 is 0 Å². The largest absolute Gasteiger partial charge is 0.349 e.